The number of hydrogen-bond donors (Lipinski definition) is 1. The molecule has 2 nitrogen and oxygen atoms in total. The van der Waals surface area contributed by atoms with Gasteiger partial charge in [-0.2, -0.15) is 0 Å². The van der Waals surface area contributed by atoms with Gasteiger partial charge in [0.1, 0.15) is 0 Å². The van der Waals surface area contributed by atoms with Crippen LogP contribution in [0.2, 0.25) is 0 Å². The summed E-state index contributed by atoms with van der Waals surface area (Å²) in [6, 6.07) is 7.97. The summed E-state index contributed by atoms with van der Waals surface area (Å²) in [6.45, 7) is 2.25. The Balaban J connectivity index is 2.14. The van der Waals surface area contributed by atoms with Crippen molar-refractivity contribution in [2.45, 2.75) is 31.6 Å². The quantitative estimate of drug-likeness (QED) is 0.794. The fourth-order valence-electron chi connectivity index (χ4n) is 1.68. The highest BCUT2D eigenvalue weighted by atomic mass is 16.4. The van der Waals surface area contributed by atoms with Gasteiger partial charge in [0.05, 0.1) is 6.42 Å². The molecule has 74 valence electrons. The minimum Gasteiger partial charge on any atom is -0.481 e. The van der Waals surface area contributed by atoms with Crippen LogP contribution in [0.1, 0.15) is 30.9 Å². The second-order valence-electron chi connectivity index (χ2n) is 4.33. The SMILES string of the molecule is CC1(c2ccc(CC(=O)O)cc2)CC1. The first-order valence-corrected chi connectivity index (χ1v) is 4.91. The van der Waals surface area contributed by atoms with Crippen molar-refractivity contribution in [3.05, 3.63) is 35.4 Å². The highest BCUT2D eigenvalue weighted by Gasteiger charge is 2.38. The normalized spacial score (nSPS) is 17.8. The van der Waals surface area contributed by atoms with Gasteiger partial charge in [0.15, 0.2) is 0 Å². The molecule has 1 N–H and O–H groups in total. The standard InChI is InChI=1S/C12H14O2/c1-12(6-7-12)10-4-2-9(3-5-10)8-11(13)14/h2-5H,6-8H2,1H3,(H,13,14). The van der Waals surface area contributed by atoms with Crippen molar-refractivity contribution in [1.82, 2.24) is 0 Å². The molecule has 1 saturated carbocycles. The zero-order chi connectivity index (χ0) is 10.2. The molecule has 2 heteroatoms. The van der Waals surface area contributed by atoms with Gasteiger partial charge >= 0.3 is 5.97 Å². The Morgan fingerprint density at radius 1 is 1.36 bits per heavy atom. The van der Waals surface area contributed by atoms with Crippen LogP contribution >= 0.6 is 0 Å². The third-order valence-corrected chi connectivity index (χ3v) is 3.01. The summed E-state index contributed by atoms with van der Waals surface area (Å²) in [5.74, 6) is -0.768. The van der Waals surface area contributed by atoms with Gasteiger partial charge in [0.25, 0.3) is 0 Å². The molecule has 2 rings (SSSR count). The van der Waals surface area contributed by atoms with E-state index in [-0.39, 0.29) is 6.42 Å². The average molecular weight is 190 g/mol. The Morgan fingerprint density at radius 2 is 1.93 bits per heavy atom. The molecule has 0 spiro atoms. The third kappa shape index (κ3) is 1.79. The van der Waals surface area contributed by atoms with E-state index < -0.39 is 5.97 Å². The van der Waals surface area contributed by atoms with Gasteiger partial charge in [-0.05, 0) is 29.4 Å². The lowest BCUT2D eigenvalue weighted by molar-refractivity contribution is -0.136. The minimum absolute atomic E-state index is 0.122. The van der Waals surface area contributed by atoms with Crippen LogP contribution in [0.3, 0.4) is 0 Å². The van der Waals surface area contributed by atoms with Crippen LogP contribution in [0, 0.1) is 0 Å². The topological polar surface area (TPSA) is 37.3 Å². The molecule has 1 aromatic carbocycles. The van der Waals surface area contributed by atoms with Crippen LogP contribution in [-0.4, -0.2) is 11.1 Å². The minimum atomic E-state index is -0.768. The molecule has 0 amide bonds. The molecule has 14 heavy (non-hydrogen) atoms. The van der Waals surface area contributed by atoms with Gasteiger partial charge in [-0.25, -0.2) is 0 Å². The molecule has 0 heterocycles. The molecule has 0 radical (unpaired) electrons. The van der Waals surface area contributed by atoms with Crippen molar-refractivity contribution < 1.29 is 9.90 Å². The number of benzene rings is 1. The van der Waals surface area contributed by atoms with Crippen molar-refractivity contribution in [3.8, 4) is 0 Å². The molecule has 0 aromatic heterocycles. The molecule has 1 aliphatic rings. The fraction of sp³-hybridized carbons (Fsp3) is 0.417. The second kappa shape index (κ2) is 3.12. The second-order valence-corrected chi connectivity index (χ2v) is 4.33. The first-order chi connectivity index (χ1) is 6.60. The summed E-state index contributed by atoms with van der Waals surface area (Å²) >= 11 is 0. The maximum absolute atomic E-state index is 10.5. The van der Waals surface area contributed by atoms with E-state index in [0.29, 0.717) is 5.41 Å². The first kappa shape index (κ1) is 9.25. The van der Waals surface area contributed by atoms with E-state index in [1.807, 2.05) is 12.1 Å². The summed E-state index contributed by atoms with van der Waals surface area (Å²) < 4.78 is 0. The number of rotatable bonds is 3. The highest BCUT2D eigenvalue weighted by molar-refractivity contribution is 5.70. The molecule has 0 bridgehead atoms. The van der Waals surface area contributed by atoms with Crippen molar-refractivity contribution in [3.63, 3.8) is 0 Å². The van der Waals surface area contributed by atoms with Gasteiger partial charge in [-0.15, -0.1) is 0 Å². The van der Waals surface area contributed by atoms with Crippen molar-refractivity contribution in [1.29, 1.82) is 0 Å². The predicted molar refractivity (Wildman–Crippen MR) is 54.4 cm³/mol. The Hall–Kier alpha value is -1.31. The van der Waals surface area contributed by atoms with Crippen LogP contribution in [0.25, 0.3) is 0 Å². The van der Waals surface area contributed by atoms with E-state index >= 15 is 0 Å². The predicted octanol–water partition coefficient (Wildman–Crippen LogP) is 2.37. The Bertz CT molecular complexity index is 347. The van der Waals surface area contributed by atoms with E-state index in [4.69, 9.17) is 5.11 Å². The van der Waals surface area contributed by atoms with Crippen LogP contribution in [0.15, 0.2) is 24.3 Å². The van der Waals surface area contributed by atoms with E-state index in [9.17, 15) is 4.79 Å². The zero-order valence-corrected chi connectivity index (χ0v) is 8.29. The zero-order valence-electron chi connectivity index (χ0n) is 8.29. The molecular formula is C12H14O2. The first-order valence-electron chi connectivity index (χ1n) is 4.91. The number of hydrogen-bond acceptors (Lipinski definition) is 1. The van der Waals surface area contributed by atoms with Gasteiger partial charge in [0.2, 0.25) is 0 Å². The summed E-state index contributed by atoms with van der Waals surface area (Å²) in [5, 5.41) is 8.61. The Morgan fingerprint density at radius 3 is 2.36 bits per heavy atom. The summed E-state index contributed by atoms with van der Waals surface area (Å²) in [4.78, 5) is 10.5. The fourth-order valence-corrected chi connectivity index (χ4v) is 1.68. The van der Waals surface area contributed by atoms with Crippen molar-refractivity contribution >= 4 is 5.97 Å². The molecule has 0 aliphatic heterocycles. The molecular weight excluding hydrogens is 176 g/mol. The number of carboxylic acids is 1. The van der Waals surface area contributed by atoms with Gasteiger partial charge in [-0.1, -0.05) is 31.2 Å². The number of aliphatic carboxylic acids is 1. The van der Waals surface area contributed by atoms with Crippen LogP contribution < -0.4 is 0 Å². The third-order valence-electron chi connectivity index (χ3n) is 3.01. The lowest BCUT2D eigenvalue weighted by Gasteiger charge is -2.08. The Labute approximate surface area is 83.6 Å². The van der Waals surface area contributed by atoms with Crippen LogP contribution in [0.4, 0.5) is 0 Å². The average Bonchev–Trinajstić information content (AvgIpc) is 2.85. The van der Waals surface area contributed by atoms with Gasteiger partial charge in [0, 0.05) is 0 Å². The maximum atomic E-state index is 10.5. The Kier molecular flexibility index (Phi) is 2.06. The van der Waals surface area contributed by atoms with Crippen LogP contribution in [0.5, 0.6) is 0 Å². The van der Waals surface area contributed by atoms with E-state index in [1.54, 1.807) is 0 Å². The molecule has 0 unspecified atom stereocenters. The summed E-state index contributed by atoms with van der Waals surface area (Å²) in [5.41, 5.74) is 2.60. The van der Waals surface area contributed by atoms with Crippen molar-refractivity contribution in [2.75, 3.05) is 0 Å². The summed E-state index contributed by atoms with van der Waals surface area (Å²) in [7, 11) is 0. The van der Waals surface area contributed by atoms with Gasteiger partial charge in [-0.3, -0.25) is 4.79 Å². The molecule has 1 aliphatic carbocycles. The number of carbonyl (C=O) groups is 1. The van der Waals surface area contributed by atoms with Gasteiger partial charge < -0.3 is 5.11 Å². The summed E-state index contributed by atoms with van der Waals surface area (Å²) in [6.07, 6.45) is 2.63. The smallest absolute Gasteiger partial charge is 0.307 e. The van der Waals surface area contributed by atoms with E-state index in [2.05, 4.69) is 19.1 Å². The maximum Gasteiger partial charge on any atom is 0.307 e. The number of carboxylic acid groups (broad SMARTS) is 1. The molecule has 1 fully saturated rings. The van der Waals surface area contributed by atoms with Crippen LogP contribution in [-0.2, 0) is 16.6 Å². The lowest BCUT2D eigenvalue weighted by atomic mass is 9.97. The lowest BCUT2D eigenvalue weighted by Crippen LogP contribution is -2.02. The molecule has 0 atom stereocenters. The molecule has 0 saturated heterocycles. The van der Waals surface area contributed by atoms with E-state index in [1.165, 1.54) is 18.4 Å². The highest BCUT2D eigenvalue weighted by Crippen LogP contribution is 2.47. The molecule has 1 aromatic rings. The monoisotopic (exact) mass is 190 g/mol. The van der Waals surface area contributed by atoms with Crippen molar-refractivity contribution in [2.24, 2.45) is 0 Å². The largest absolute Gasteiger partial charge is 0.481 e. The van der Waals surface area contributed by atoms with E-state index in [0.717, 1.165) is 5.56 Å².